The molecule has 96 valence electrons. The van der Waals surface area contributed by atoms with Crippen LogP contribution in [0, 0.1) is 0 Å². The molecule has 2 heterocycles. The van der Waals surface area contributed by atoms with Crippen molar-refractivity contribution in [2.24, 2.45) is 0 Å². The Balaban J connectivity index is 2.13. The molecule has 0 spiro atoms. The van der Waals surface area contributed by atoms with Gasteiger partial charge in [-0.05, 0) is 18.2 Å². The summed E-state index contributed by atoms with van der Waals surface area (Å²) in [6.45, 7) is 0.240. The third kappa shape index (κ3) is 2.34. The third-order valence-electron chi connectivity index (χ3n) is 2.62. The van der Waals surface area contributed by atoms with Gasteiger partial charge in [-0.15, -0.1) is 5.10 Å². The summed E-state index contributed by atoms with van der Waals surface area (Å²) in [6.07, 6.45) is 1.47. The minimum Gasteiger partial charge on any atom is -0.292 e. The van der Waals surface area contributed by atoms with Crippen molar-refractivity contribution in [3.63, 3.8) is 0 Å². The van der Waals surface area contributed by atoms with E-state index in [-0.39, 0.29) is 12.1 Å². The molecule has 0 aliphatic heterocycles. The van der Waals surface area contributed by atoms with Crippen molar-refractivity contribution in [2.75, 3.05) is 0 Å². The lowest BCUT2D eigenvalue weighted by molar-refractivity contribution is 0.726. The smallest absolute Gasteiger partial charge is 0.261 e. The van der Waals surface area contributed by atoms with Gasteiger partial charge in [-0.3, -0.25) is 9.36 Å². The first-order valence-electron chi connectivity index (χ1n) is 5.26. The van der Waals surface area contributed by atoms with Crippen molar-refractivity contribution in [1.82, 2.24) is 19.1 Å². The first-order valence-corrected chi connectivity index (χ1v) is 6.79. The molecule has 1 aromatic carbocycles. The van der Waals surface area contributed by atoms with E-state index >= 15 is 0 Å². The van der Waals surface area contributed by atoms with Gasteiger partial charge in [0.25, 0.3) is 5.56 Å². The lowest BCUT2D eigenvalue weighted by Crippen LogP contribution is -2.21. The molecule has 0 saturated heterocycles. The number of benzene rings is 1. The van der Waals surface area contributed by atoms with Crippen molar-refractivity contribution >= 4 is 45.6 Å². The van der Waals surface area contributed by atoms with Crippen LogP contribution in [-0.2, 0) is 6.54 Å². The molecule has 0 N–H and O–H groups in total. The minimum atomic E-state index is -0.184. The van der Waals surface area contributed by atoms with Crippen LogP contribution in [0.15, 0.2) is 29.3 Å². The van der Waals surface area contributed by atoms with E-state index in [1.54, 1.807) is 18.2 Å². The van der Waals surface area contributed by atoms with Gasteiger partial charge >= 0.3 is 0 Å². The Hall–Kier alpha value is -1.50. The van der Waals surface area contributed by atoms with Gasteiger partial charge in [0.1, 0.15) is 10.0 Å². The number of fused-ring (bicyclic) bond motifs is 1. The summed E-state index contributed by atoms with van der Waals surface area (Å²) >= 11 is 12.9. The van der Waals surface area contributed by atoms with Gasteiger partial charge < -0.3 is 0 Å². The molecule has 3 rings (SSSR count). The van der Waals surface area contributed by atoms with Crippen LogP contribution in [0.25, 0.3) is 10.9 Å². The van der Waals surface area contributed by atoms with Crippen LogP contribution in [0.3, 0.4) is 0 Å². The molecule has 0 atom stereocenters. The van der Waals surface area contributed by atoms with Crippen LogP contribution in [0.2, 0.25) is 9.36 Å². The maximum atomic E-state index is 12.3. The Morgan fingerprint density at radius 1 is 1.32 bits per heavy atom. The lowest BCUT2D eigenvalue weighted by Gasteiger charge is -2.04. The number of rotatable bonds is 2. The van der Waals surface area contributed by atoms with E-state index in [0.717, 1.165) is 11.5 Å². The molecule has 19 heavy (non-hydrogen) atoms. The monoisotopic (exact) mass is 312 g/mol. The van der Waals surface area contributed by atoms with Gasteiger partial charge in [0.05, 0.1) is 23.8 Å². The number of nitrogens with zero attached hydrogens (tertiary/aromatic N) is 4. The van der Waals surface area contributed by atoms with E-state index in [9.17, 15) is 4.79 Å². The van der Waals surface area contributed by atoms with Crippen molar-refractivity contribution in [2.45, 2.75) is 6.54 Å². The average molecular weight is 313 g/mol. The zero-order valence-electron chi connectivity index (χ0n) is 9.38. The highest BCUT2D eigenvalue weighted by molar-refractivity contribution is 7.10. The van der Waals surface area contributed by atoms with Crippen molar-refractivity contribution in [1.29, 1.82) is 0 Å². The molecule has 0 unspecified atom stereocenters. The van der Waals surface area contributed by atoms with E-state index in [1.807, 2.05) is 0 Å². The summed E-state index contributed by atoms with van der Waals surface area (Å²) in [5, 5.41) is 4.84. The summed E-state index contributed by atoms with van der Waals surface area (Å²) in [6, 6.07) is 5.01. The highest BCUT2D eigenvalue weighted by Gasteiger charge is 2.09. The maximum absolute atomic E-state index is 12.3. The Labute approximate surface area is 121 Å². The van der Waals surface area contributed by atoms with Crippen LogP contribution >= 0.6 is 34.7 Å². The third-order valence-corrected chi connectivity index (χ3v) is 3.84. The molecule has 0 aliphatic carbocycles. The van der Waals surface area contributed by atoms with E-state index in [4.69, 9.17) is 23.2 Å². The molecule has 2 aromatic heterocycles. The van der Waals surface area contributed by atoms with Gasteiger partial charge in [-0.1, -0.05) is 27.7 Å². The summed E-state index contributed by atoms with van der Waals surface area (Å²) in [5.41, 5.74) is 0.974. The maximum Gasteiger partial charge on any atom is 0.261 e. The highest BCUT2D eigenvalue weighted by atomic mass is 35.5. The zero-order valence-corrected chi connectivity index (χ0v) is 11.7. The van der Waals surface area contributed by atoms with Gasteiger partial charge in [-0.25, -0.2) is 4.98 Å². The van der Waals surface area contributed by atoms with Crippen LogP contribution in [0.4, 0.5) is 0 Å². The Kier molecular flexibility index (Phi) is 3.22. The highest BCUT2D eigenvalue weighted by Crippen LogP contribution is 2.18. The van der Waals surface area contributed by atoms with Crippen LogP contribution in [0.1, 0.15) is 5.69 Å². The summed E-state index contributed by atoms with van der Waals surface area (Å²) in [4.78, 5) is 16.5. The molecule has 0 amide bonds. The fourth-order valence-electron chi connectivity index (χ4n) is 1.70. The molecular weight excluding hydrogens is 307 g/mol. The standard InChI is InChI=1S/C11H6Cl2N4OS/c12-6-1-2-8-7(3-6)11(18)17(5-14-8)4-9-10(13)19-16-15-9/h1-3,5H,4H2. The SMILES string of the molecule is O=c1c2cc(Cl)ccc2ncn1Cc1nnsc1Cl. The predicted molar refractivity (Wildman–Crippen MR) is 75.0 cm³/mol. The van der Waals surface area contributed by atoms with Crippen LogP contribution in [-0.4, -0.2) is 19.1 Å². The van der Waals surface area contributed by atoms with E-state index < -0.39 is 0 Å². The van der Waals surface area contributed by atoms with E-state index in [2.05, 4.69) is 14.6 Å². The summed E-state index contributed by atoms with van der Waals surface area (Å²) in [5.74, 6) is 0. The second-order valence-electron chi connectivity index (χ2n) is 3.83. The topological polar surface area (TPSA) is 60.7 Å². The van der Waals surface area contributed by atoms with Crippen molar-refractivity contribution in [3.8, 4) is 0 Å². The number of halogens is 2. The fourth-order valence-corrected chi connectivity index (χ4v) is 2.48. The molecule has 0 bridgehead atoms. The minimum absolute atomic E-state index is 0.184. The number of hydrogen-bond donors (Lipinski definition) is 0. The second kappa shape index (κ2) is 4.88. The molecule has 8 heteroatoms. The number of hydrogen-bond acceptors (Lipinski definition) is 5. The molecule has 3 aromatic rings. The number of aromatic nitrogens is 4. The normalized spacial score (nSPS) is 11.1. The molecule has 0 fully saturated rings. The largest absolute Gasteiger partial charge is 0.292 e. The van der Waals surface area contributed by atoms with Gasteiger partial charge in [0.15, 0.2) is 0 Å². The lowest BCUT2D eigenvalue weighted by atomic mass is 10.2. The first kappa shape index (κ1) is 12.5. The molecular formula is C11H6Cl2N4OS. The van der Waals surface area contributed by atoms with Crippen LogP contribution in [0.5, 0.6) is 0 Å². The zero-order chi connectivity index (χ0) is 13.4. The Bertz CT molecular complexity index is 814. The van der Waals surface area contributed by atoms with E-state index in [0.29, 0.717) is 26.0 Å². The van der Waals surface area contributed by atoms with Crippen LogP contribution < -0.4 is 5.56 Å². The first-order chi connectivity index (χ1) is 9.15. The quantitative estimate of drug-likeness (QED) is 0.729. The van der Waals surface area contributed by atoms with Gasteiger partial charge in [0, 0.05) is 16.6 Å². The van der Waals surface area contributed by atoms with Gasteiger partial charge in [0.2, 0.25) is 0 Å². The van der Waals surface area contributed by atoms with E-state index in [1.165, 1.54) is 10.9 Å². The molecule has 5 nitrogen and oxygen atoms in total. The molecule has 0 aliphatic rings. The summed E-state index contributed by atoms with van der Waals surface area (Å²) < 4.78 is 5.63. The van der Waals surface area contributed by atoms with Crippen molar-refractivity contribution < 1.29 is 0 Å². The second-order valence-corrected chi connectivity index (χ2v) is 5.63. The Morgan fingerprint density at radius 2 is 2.16 bits per heavy atom. The average Bonchev–Trinajstić information content (AvgIpc) is 2.79. The fraction of sp³-hybridized carbons (Fsp3) is 0.0909. The van der Waals surface area contributed by atoms with Crippen molar-refractivity contribution in [3.05, 3.63) is 49.9 Å². The predicted octanol–water partition coefficient (Wildman–Crippen LogP) is 2.60. The Morgan fingerprint density at radius 3 is 2.89 bits per heavy atom. The molecule has 0 radical (unpaired) electrons. The van der Waals surface area contributed by atoms with Gasteiger partial charge in [-0.2, -0.15) is 0 Å². The molecule has 0 saturated carbocycles. The summed E-state index contributed by atoms with van der Waals surface area (Å²) in [7, 11) is 0.